The second-order valence-corrected chi connectivity index (χ2v) is 22.9. The summed E-state index contributed by atoms with van der Waals surface area (Å²) in [5.74, 6) is 0. The molecule has 6 rings (SSSR count). The number of benzene rings is 4. The Morgan fingerprint density at radius 3 is 1.34 bits per heavy atom. The zero-order valence-electron chi connectivity index (χ0n) is 22.3. The van der Waals surface area contributed by atoms with E-state index in [4.69, 9.17) is 17.2 Å². The molecule has 0 atom stereocenters. The second-order valence-electron chi connectivity index (χ2n) is 9.67. The summed E-state index contributed by atoms with van der Waals surface area (Å²) in [7, 11) is 11.1. The zero-order valence-corrected chi connectivity index (χ0v) is 27.4. The summed E-state index contributed by atoms with van der Waals surface area (Å²) in [4.78, 5) is 0. The molecule has 192 valence electrons. The Hall–Kier alpha value is -2.58. The zero-order chi connectivity index (χ0) is 27.1. The Labute approximate surface area is 241 Å². The van der Waals surface area contributed by atoms with Gasteiger partial charge in [-0.2, -0.15) is 24.3 Å². The summed E-state index contributed by atoms with van der Waals surface area (Å²) in [6.45, 7) is 8.24. The molecule has 0 N–H and O–H groups in total. The molecule has 0 aromatic heterocycles. The molecule has 0 unspecified atom stereocenters. The molecule has 6 aromatic rings. The van der Waals surface area contributed by atoms with Crippen LogP contribution in [0.3, 0.4) is 0 Å². The number of aryl methyl sites for hydroxylation is 2. The van der Waals surface area contributed by atoms with Crippen molar-refractivity contribution < 1.29 is 18.6 Å². The van der Waals surface area contributed by atoms with E-state index in [1.807, 2.05) is 13.8 Å². The molecular formula is C35H32Cl2Hf-2. The van der Waals surface area contributed by atoms with Gasteiger partial charge in [0.2, 0.25) is 0 Å². The number of rotatable bonds is 2. The smallest absolute Gasteiger partial charge is 0.0276 e. The first-order valence-electron chi connectivity index (χ1n) is 12.7. The van der Waals surface area contributed by atoms with Crippen LogP contribution in [0.25, 0.3) is 43.8 Å². The Morgan fingerprint density at radius 1 is 0.579 bits per heavy atom. The van der Waals surface area contributed by atoms with Gasteiger partial charge in [0.1, 0.15) is 0 Å². The van der Waals surface area contributed by atoms with E-state index >= 15 is 0 Å². The van der Waals surface area contributed by atoms with E-state index in [-0.39, 0.29) is 0 Å². The van der Waals surface area contributed by atoms with Crippen LogP contribution in [0.2, 0.25) is 0 Å². The third kappa shape index (κ3) is 7.29. The van der Waals surface area contributed by atoms with Crippen molar-refractivity contribution in [2.75, 3.05) is 0 Å². The largest absolute Gasteiger partial charge is 0.168 e. The van der Waals surface area contributed by atoms with Crippen LogP contribution in [0, 0.1) is 13.8 Å². The van der Waals surface area contributed by atoms with Crippen molar-refractivity contribution in [1.29, 1.82) is 0 Å². The molecular weight excluding hydrogens is 670 g/mol. The van der Waals surface area contributed by atoms with Crippen molar-refractivity contribution in [3.8, 4) is 22.3 Å². The molecule has 0 aliphatic carbocycles. The molecule has 0 aliphatic heterocycles. The van der Waals surface area contributed by atoms with E-state index in [9.17, 15) is 0 Å². The number of hydrogen-bond acceptors (Lipinski definition) is 0. The predicted molar refractivity (Wildman–Crippen MR) is 167 cm³/mol. The Morgan fingerprint density at radius 2 is 0.974 bits per heavy atom. The Kier molecular flexibility index (Phi) is 10.1. The minimum absolute atomic E-state index is 1.25. The van der Waals surface area contributed by atoms with Crippen LogP contribution in [-0.2, 0) is 18.6 Å². The van der Waals surface area contributed by atoms with E-state index in [1.165, 1.54) is 58.2 Å². The minimum Gasteiger partial charge on any atom is -0.168 e. The fraction of sp³-hybridized carbons (Fsp3) is 0.114. The quantitative estimate of drug-likeness (QED) is 0.125. The van der Waals surface area contributed by atoms with Gasteiger partial charge < -0.3 is 0 Å². The van der Waals surface area contributed by atoms with E-state index in [1.54, 1.807) is 0 Å². The van der Waals surface area contributed by atoms with Gasteiger partial charge in [-0.3, -0.25) is 0 Å². The first-order chi connectivity index (χ1) is 18.3. The number of hydrogen-bond donors (Lipinski definition) is 0. The molecule has 0 saturated heterocycles. The van der Waals surface area contributed by atoms with Crippen LogP contribution in [0.5, 0.6) is 0 Å². The van der Waals surface area contributed by atoms with Crippen molar-refractivity contribution >= 4 is 42.0 Å². The SMILES string of the molecule is C[C](C)=[Hf]([Cl])[Cl].Cc1cccc(-c2cccc3[cH-]ccc23)c1.Cc1cccc(-c2cccc3[cH-]ccc23)c1. The topological polar surface area (TPSA) is 0 Å². The van der Waals surface area contributed by atoms with E-state index in [2.05, 4.69) is 135 Å². The molecule has 0 saturated carbocycles. The van der Waals surface area contributed by atoms with E-state index in [0.717, 1.165) is 0 Å². The average molecular weight is 702 g/mol. The maximum absolute atomic E-state index is 5.55. The molecule has 0 spiro atoms. The molecule has 0 heterocycles. The van der Waals surface area contributed by atoms with Gasteiger partial charge in [0.15, 0.2) is 0 Å². The summed E-state index contributed by atoms with van der Waals surface area (Å²) in [5.41, 5.74) is 7.87. The van der Waals surface area contributed by atoms with Gasteiger partial charge in [-0.05, 0) is 25.0 Å². The van der Waals surface area contributed by atoms with Gasteiger partial charge in [0, 0.05) is 0 Å². The van der Waals surface area contributed by atoms with Gasteiger partial charge in [-0.25, -0.2) is 0 Å². The predicted octanol–water partition coefficient (Wildman–Crippen LogP) is 11.2. The molecule has 6 aromatic carbocycles. The van der Waals surface area contributed by atoms with Crippen molar-refractivity contribution in [2.45, 2.75) is 27.7 Å². The van der Waals surface area contributed by atoms with Crippen molar-refractivity contribution in [3.05, 3.63) is 132 Å². The van der Waals surface area contributed by atoms with Crippen LogP contribution in [0.15, 0.2) is 121 Å². The van der Waals surface area contributed by atoms with E-state index in [0.29, 0.717) is 0 Å². The monoisotopic (exact) mass is 702 g/mol. The van der Waals surface area contributed by atoms with Gasteiger partial charge in [-0.15, -0.1) is 57.9 Å². The maximum Gasteiger partial charge on any atom is -0.0276 e. The third-order valence-electron chi connectivity index (χ3n) is 6.39. The van der Waals surface area contributed by atoms with Crippen LogP contribution in [-0.4, -0.2) is 3.26 Å². The molecule has 3 heteroatoms. The van der Waals surface area contributed by atoms with Gasteiger partial charge >= 0.3 is 52.8 Å². The minimum atomic E-state index is -1.97. The van der Waals surface area contributed by atoms with Crippen molar-refractivity contribution in [1.82, 2.24) is 0 Å². The molecule has 0 fully saturated rings. The van der Waals surface area contributed by atoms with Crippen molar-refractivity contribution in [3.63, 3.8) is 0 Å². The Bertz CT molecular complexity index is 1550. The summed E-state index contributed by atoms with van der Waals surface area (Å²) in [6, 6.07) is 43.2. The first kappa shape index (κ1) is 28.4. The summed E-state index contributed by atoms with van der Waals surface area (Å²) in [6.07, 6.45) is 0. The molecule has 0 amide bonds. The summed E-state index contributed by atoms with van der Waals surface area (Å²) < 4.78 is 1.25. The summed E-state index contributed by atoms with van der Waals surface area (Å²) in [5, 5.41) is 5.32. The van der Waals surface area contributed by atoms with Gasteiger partial charge in [0.25, 0.3) is 0 Å². The molecule has 38 heavy (non-hydrogen) atoms. The molecule has 0 bridgehead atoms. The van der Waals surface area contributed by atoms with E-state index < -0.39 is 18.6 Å². The van der Waals surface area contributed by atoms with Crippen LogP contribution >= 0.6 is 17.2 Å². The molecule has 0 nitrogen and oxygen atoms in total. The van der Waals surface area contributed by atoms with Gasteiger partial charge in [-0.1, -0.05) is 82.9 Å². The maximum atomic E-state index is 5.55. The summed E-state index contributed by atoms with van der Waals surface area (Å²) >= 11 is -1.97. The second kappa shape index (κ2) is 13.5. The average Bonchev–Trinajstić information content (AvgIpc) is 3.59. The normalized spacial score (nSPS) is 10.4. The number of halogens is 2. The van der Waals surface area contributed by atoms with Crippen molar-refractivity contribution in [2.24, 2.45) is 0 Å². The fourth-order valence-corrected chi connectivity index (χ4v) is 4.45. The van der Waals surface area contributed by atoms with Gasteiger partial charge in [0.05, 0.1) is 0 Å². The van der Waals surface area contributed by atoms with Crippen LogP contribution < -0.4 is 0 Å². The molecule has 0 radical (unpaired) electrons. The van der Waals surface area contributed by atoms with Crippen LogP contribution in [0.1, 0.15) is 25.0 Å². The third-order valence-corrected chi connectivity index (χ3v) is 15.3. The standard InChI is InChI=1S/2C16H13.C3H6.2ClH.Hf/c2*1-12-5-2-8-14(11-12)16-10-4-7-13-6-3-9-15(13)16;1-3-2;;;/h2*2-11H,1H3;1-2H3;2*1H;/q2*-1;;;;+2/p-2. The number of fused-ring (bicyclic) bond motifs is 2. The Balaban J connectivity index is 0.000000147. The molecule has 0 aliphatic rings. The first-order valence-corrected chi connectivity index (χ1v) is 23.4. The fourth-order valence-electron chi connectivity index (χ4n) is 4.45. The van der Waals surface area contributed by atoms with Crippen LogP contribution in [0.4, 0.5) is 0 Å².